The van der Waals surface area contributed by atoms with Gasteiger partial charge in [0.05, 0.1) is 11.4 Å². The third-order valence-corrected chi connectivity index (χ3v) is 6.21. The van der Waals surface area contributed by atoms with Crippen molar-refractivity contribution in [3.63, 3.8) is 0 Å². The van der Waals surface area contributed by atoms with E-state index in [-0.39, 0.29) is 23.9 Å². The number of carbonyl (C=O) groups is 1. The van der Waals surface area contributed by atoms with E-state index in [1.165, 1.54) is 48.5 Å². The summed E-state index contributed by atoms with van der Waals surface area (Å²) < 4.78 is 40.4. The van der Waals surface area contributed by atoms with Crippen LogP contribution in [0.1, 0.15) is 19.4 Å². The molecule has 0 N–H and O–H groups in total. The number of halogens is 2. The lowest BCUT2D eigenvalue weighted by Gasteiger charge is -2.26. The molecule has 146 valence electrons. The molecule has 0 heterocycles. The molecule has 0 saturated carbocycles. The van der Waals surface area contributed by atoms with Gasteiger partial charge in [-0.05, 0) is 55.8 Å². The van der Waals surface area contributed by atoms with Crippen molar-refractivity contribution in [1.82, 2.24) is 9.21 Å². The summed E-state index contributed by atoms with van der Waals surface area (Å²) in [6.07, 6.45) is 0. The summed E-state index contributed by atoms with van der Waals surface area (Å²) >= 11 is 5.84. The molecule has 8 heteroatoms. The Morgan fingerprint density at radius 2 is 1.56 bits per heavy atom. The van der Waals surface area contributed by atoms with Gasteiger partial charge in [0, 0.05) is 24.7 Å². The van der Waals surface area contributed by atoms with Crippen molar-refractivity contribution >= 4 is 27.5 Å². The van der Waals surface area contributed by atoms with Crippen LogP contribution in [0.4, 0.5) is 4.39 Å². The van der Waals surface area contributed by atoms with Gasteiger partial charge >= 0.3 is 0 Å². The number of likely N-dealkylation sites (N-methyl/N-ethyl adjacent to an activating group) is 1. The third kappa shape index (κ3) is 5.51. The Balaban J connectivity index is 2.36. The number of amides is 1. The molecule has 0 aromatic heterocycles. The highest BCUT2D eigenvalue weighted by atomic mass is 35.5. The Bertz CT molecular complexity index is 867. The second kappa shape index (κ2) is 9.30. The van der Waals surface area contributed by atoms with E-state index in [2.05, 4.69) is 0 Å². The molecule has 0 aliphatic rings. The van der Waals surface area contributed by atoms with Gasteiger partial charge in [0.25, 0.3) is 0 Å². The minimum atomic E-state index is -3.94. The van der Waals surface area contributed by atoms with Crippen LogP contribution in [0.3, 0.4) is 0 Å². The Kier molecular flexibility index (Phi) is 7.35. The average molecular weight is 413 g/mol. The Hall–Kier alpha value is -1.96. The summed E-state index contributed by atoms with van der Waals surface area (Å²) in [6.45, 7) is 4.29. The molecule has 0 saturated heterocycles. The van der Waals surface area contributed by atoms with E-state index >= 15 is 0 Å². The minimum Gasteiger partial charge on any atom is -0.342 e. The van der Waals surface area contributed by atoms with E-state index in [0.29, 0.717) is 23.7 Å². The molecule has 2 aromatic carbocycles. The summed E-state index contributed by atoms with van der Waals surface area (Å²) in [6, 6.07) is 11.3. The van der Waals surface area contributed by atoms with Crippen LogP contribution >= 0.6 is 11.6 Å². The van der Waals surface area contributed by atoms with Crippen LogP contribution in [0.25, 0.3) is 0 Å². The Morgan fingerprint density at radius 3 is 2.07 bits per heavy atom. The zero-order valence-corrected chi connectivity index (χ0v) is 16.8. The standard InChI is InChI=1S/C19H22ClFN2O3S/c1-3-22(4-2)19(24)14-23(13-15-5-9-17(21)10-6-15)27(25,26)18-11-7-16(20)8-12-18/h5-12H,3-4,13-14H2,1-2H3. The largest absolute Gasteiger partial charge is 0.342 e. The van der Waals surface area contributed by atoms with Gasteiger partial charge in [-0.15, -0.1) is 0 Å². The molecule has 1 amide bonds. The molecule has 0 spiro atoms. The maximum Gasteiger partial charge on any atom is 0.243 e. The molecule has 0 radical (unpaired) electrons. The van der Waals surface area contributed by atoms with Gasteiger partial charge in [0.15, 0.2) is 0 Å². The highest BCUT2D eigenvalue weighted by molar-refractivity contribution is 7.89. The normalized spacial score (nSPS) is 11.6. The van der Waals surface area contributed by atoms with Crippen molar-refractivity contribution in [2.75, 3.05) is 19.6 Å². The van der Waals surface area contributed by atoms with Crippen LogP contribution in [0.15, 0.2) is 53.4 Å². The number of hydrogen-bond acceptors (Lipinski definition) is 3. The summed E-state index contributed by atoms with van der Waals surface area (Å²) in [5.41, 5.74) is 0.585. The number of benzene rings is 2. The third-order valence-electron chi connectivity index (χ3n) is 4.15. The maximum atomic E-state index is 13.2. The summed E-state index contributed by atoms with van der Waals surface area (Å²) in [5.74, 6) is -0.704. The SMILES string of the molecule is CCN(CC)C(=O)CN(Cc1ccc(F)cc1)S(=O)(=O)c1ccc(Cl)cc1. The number of sulfonamides is 1. The molecular formula is C19H22ClFN2O3S. The number of rotatable bonds is 8. The van der Waals surface area contributed by atoms with Gasteiger partial charge in [-0.25, -0.2) is 12.8 Å². The van der Waals surface area contributed by atoms with E-state index in [1.54, 1.807) is 4.90 Å². The molecule has 2 aromatic rings. The fourth-order valence-electron chi connectivity index (χ4n) is 2.60. The van der Waals surface area contributed by atoms with Gasteiger partial charge in [0.2, 0.25) is 15.9 Å². The smallest absolute Gasteiger partial charge is 0.243 e. The van der Waals surface area contributed by atoms with Gasteiger partial charge in [-0.2, -0.15) is 4.31 Å². The van der Waals surface area contributed by atoms with Crippen LogP contribution < -0.4 is 0 Å². The topological polar surface area (TPSA) is 57.7 Å². The lowest BCUT2D eigenvalue weighted by molar-refractivity contribution is -0.131. The molecule has 0 unspecified atom stereocenters. The van der Waals surface area contributed by atoms with Crippen molar-refractivity contribution in [1.29, 1.82) is 0 Å². The maximum absolute atomic E-state index is 13.2. The van der Waals surface area contributed by atoms with Crippen LogP contribution in [0.5, 0.6) is 0 Å². The fourth-order valence-corrected chi connectivity index (χ4v) is 4.11. The first-order valence-electron chi connectivity index (χ1n) is 8.55. The van der Waals surface area contributed by atoms with E-state index in [9.17, 15) is 17.6 Å². The second-order valence-electron chi connectivity index (χ2n) is 5.92. The quantitative estimate of drug-likeness (QED) is 0.666. The van der Waals surface area contributed by atoms with Crippen LogP contribution in [0.2, 0.25) is 5.02 Å². The molecular weight excluding hydrogens is 391 g/mol. The first kappa shape index (κ1) is 21.3. The van der Waals surface area contributed by atoms with Gasteiger partial charge < -0.3 is 4.90 Å². The molecule has 5 nitrogen and oxygen atoms in total. The van der Waals surface area contributed by atoms with E-state index in [4.69, 9.17) is 11.6 Å². The molecule has 0 atom stereocenters. The Labute approximate surface area is 164 Å². The van der Waals surface area contributed by atoms with Crippen molar-refractivity contribution in [3.8, 4) is 0 Å². The van der Waals surface area contributed by atoms with Gasteiger partial charge in [-0.3, -0.25) is 4.79 Å². The monoisotopic (exact) mass is 412 g/mol. The Morgan fingerprint density at radius 1 is 1.00 bits per heavy atom. The van der Waals surface area contributed by atoms with Crippen molar-refractivity contribution < 1.29 is 17.6 Å². The van der Waals surface area contributed by atoms with Crippen molar-refractivity contribution in [2.24, 2.45) is 0 Å². The first-order valence-corrected chi connectivity index (χ1v) is 10.4. The molecule has 27 heavy (non-hydrogen) atoms. The summed E-state index contributed by atoms with van der Waals surface area (Å²) in [4.78, 5) is 14.1. The van der Waals surface area contributed by atoms with Crippen LogP contribution in [-0.2, 0) is 21.4 Å². The fraction of sp³-hybridized carbons (Fsp3) is 0.316. The molecule has 0 aliphatic carbocycles. The van der Waals surface area contributed by atoms with E-state index in [0.717, 1.165) is 4.31 Å². The van der Waals surface area contributed by atoms with Crippen molar-refractivity contribution in [2.45, 2.75) is 25.3 Å². The van der Waals surface area contributed by atoms with Crippen LogP contribution in [-0.4, -0.2) is 43.2 Å². The van der Waals surface area contributed by atoms with E-state index < -0.39 is 15.8 Å². The lowest BCUT2D eigenvalue weighted by Crippen LogP contribution is -2.42. The highest BCUT2D eigenvalue weighted by Gasteiger charge is 2.28. The molecule has 0 fully saturated rings. The average Bonchev–Trinajstić information content (AvgIpc) is 2.64. The summed E-state index contributed by atoms with van der Waals surface area (Å²) in [5, 5.41) is 0.415. The zero-order valence-electron chi connectivity index (χ0n) is 15.2. The predicted octanol–water partition coefficient (Wildman–Crippen LogP) is 3.54. The highest BCUT2D eigenvalue weighted by Crippen LogP contribution is 2.21. The number of carbonyl (C=O) groups excluding carboxylic acids is 1. The van der Waals surface area contributed by atoms with Crippen LogP contribution in [0, 0.1) is 5.82 Å². The van der Waals surface area contributed by atoms with Crippen molar-refractivity contribution in [3.05, 3.63) is 64.9 Å². The summed E-state index contributed by atoms with van der Waals surface area (Å²) in [7, 11) is -3.94. The number of nitrogens with zero attached hydrogens (tertiary/aromatic N) is 2. The van der Waals surface area contributed by atoms with E-state index in [1.807, 2.05) is 13.8 Å². The predicted molar refractivity (Wildman–Crippen MR) is 103 cm³/mol. The minimum absolute atomic E-state index is 0.0429. The lowest BCUT2D eigenvalue weighted by atomic mass is 10.2. The number of hydrogen-bond donors (Lipinski definition) is 0. The molecule has 0 bridgehead atoms. The van der Waals surface area contributed by atoms with Gasteiger partial charge in [-0.1, -0.05) is 23.7 Å². The second-order valence-corrected chi connectivity index (χ2v) is 8.29. The molecule has 2 rings (SSSR count). The zero-order chi connectivity index (χ0) is 20.0. The molecule has 0 aliphatic heterocycles. The van der Waals surface area contributed by atoms with Gasteiger partial charge in [0.1, 0.15) is 5.82 Å². The first-order chi connectivity index (χ1) is 12.8.